The topological polar surface area (TPSA) is 147 Å². The van der Waals surface area contributed by atoms with E-state index in [4.69, 9.17) is 11.5 Å². The Morgan fingerprint density at radius 2 is 1.78 bits per heavy atom. The molecule has 4 amide bonds. The molecule has 1 saturated carbocycles. The molecule has 2 unspecified atom stereocenters. The summed E-state index contributed by atoms with van der Waals surface area (Å²) in [7, 11) is 0. The minimum Gasteiger partial charge on any atom is -1.00 e. The molecule has 1 aliphatic heterocycles. The Balaban J connectivity index is 0.00000253. The van der Waals surface area contributed by atoms with Crippen LogP contribution in [0.25, 0.3) is 0 Å². The molecule has 9 nitrogen and oxygen atoms in total. The summed E-state index contributed by atoms with van der Waals surface area (Å²) in [5.41, 5.74) is 14.1. The van der Waals surface area contributed by atoms with Gasteiger partial charge in [0.25, 0.3) is 5.91 Å². The summed E-state index contributed by atoms with van der Waals surface area (Å²) in [6.07, 6.45) is 5.64. The van der Waals surface area contributed by atoms with Crippen LogP contribution in [0.4, 0.5) is 16.2 Å². The summed E-state index contributed by atoms with van der Waals surface area (Å²) in [5, 5.41) is 9.47. The Labute approximate surface area is 260 Å². The van der Waals surface area contributed by atoms with Gasteiger partial charge in [-0.05, 0) is 73.4 Å². The van der Waals surface area contributed by atoms with Crippen molar-refractivity contribution in [3.63, 3.8) is 0 Å². The number of amides is 4. The monoisotopic (exact) mass is 532 g/mol. The van der Waals surface area contributed by atoms with E-state index >= 15 is 0 Å². The predicted molar refractivity (Wildman–Crippen MR) is 137 cm³/mol. The summed E-state index contributed by atoms with van der Waals surface area (Å²) in [6, 6.07) is 9.77. The maximum absolute atomic E-state index is 14.1. The minimum atomic E-state index is -1.16. The first kappa shape index (κ1) is 29.3. The molecule has 0 spiro atoms. The van der Waals surface area contributed by atoms with Crippen molar-refractivity contribution in [1.82, 2.24) is 0 Å². The van der Waals surface area contributed by atoms with Crippen LogP contribution in [-0.2, 0) is 9.59 Å². The summed E-state index contributed by atoms with van der Waals surface area (Å²) in [5.74, 6) is -2.07. The number of rotatable bonds is 6. The Morgan fingerprint density at radius 1 is 1.08 bits per heavy atom. The van der Waals surface area contributed by atoms with E-state index in [0.29, 0.717) is 18.0 Å². The van der Waals surface area contributed by atoms with Gasteiger partial charge < -0.3 is 22.9 Å². The molecule has 0 saturated heterocycles. The van der Waals surface area contributed by atoms with Crippen LogP contribution in [0.5, 0.6) is 0 Å². The number of urea groups is 1. The van der Waals surface area contributed by atoms with E-state index in [0.717, 1.165) is 48.1 Å². The molecule has 1 heterocycles. The molecular formula is C27H33KN4O5. The van der Waals surface area contributed by atoms with E-state index in [1.165, 1.54) is 23.1 Å². The van der Waals surface area contributed by atoms with Crippen molar-refractivity contribution in [2.75, 3.05) is 16.3 Å². The average molecular weight is 533 g/mol. The number of fused-ring (bicyclic) bond motifs is 1. The van der Waals surface area contributed by atoms with Crippen molar-refractivity contribution < 1.29 is 77.1 Å². The number of benzene rings is 2. The molecule has 2 aromatic rings. The molecule has 10 heteroatoms. The summed E-state index contributed by atoms with van der Waals surface area (Å²) in [4.78, 5) is 53.1. The van der Waals surface area contributed by atoms with Crippen molar-refractivity contribution in [3.05, 3.63) is 59.2 Å². The smallest absolute Gasteiger partial charge is 1.00 e. The van der Waals surface area contributed by atoms with Gasteiger partial charge in [-0.3, -0.25) is 14.5 Å². The fourth-order valence-electron chi connectivity index (χ4n) is 5.74. The second kappa shape index (κ2) is 12.5. The molecule has 1 aliphatic carbocycles. The van der Waals surface area contributed by atoms with Gasteiger partial charge in [-0.1, -0.05) is 37.5 Å². The van der Waals surface area contributed by atoms with Gasteiger partial charge in [0, 0.05) is 11.4 Å². The van der Waals surface area contributed by atoms with Crippen molar-refractivity contribution in [2.45, 2.75) is 57.4 Å². The third-order valence-corrected chi connectivity index (χ3v) is 7.36. The zero-order valence-electron chi connectivity index (χ0n) is 22.4. The zero-order chi connectivity index (χ0) is 26.0. The molecule has 2 aliphatic rings. The van der Waals surface area contributed by atoms with Gasteiger partial charge in [-0.15, -0.1) is 0 Å². The van der Waals surface area contributed by atoms with Gasteiger partial charge in [0.05, 0.1) is 5.56 Å². The third-order valence-electron chi connectivity index (χ3n) is 7.36. The quantitative estimate of drug-likeness (QED) is 0.468. The summed E-state index contributed by atoms with van der Waals surface area (Å²) in [6.45, 7) is 1.57. The van der Waals surface area contributed by atoms with Crippen molar-refractivity contribution in [1.29, 1.82) is 0 Å². The van der Waals surface area contributed by atoms with Crippen LogP contribution in [0.15, 0.2) is 42.5 Å². The van der Waals surface area contributed by atoms with Crippen LogP contribution in [-0.4, -0.2) is 41.5 Å². The number of nitrogens with two attached hydrogens (primary N) is 2. The SMILES string of the molecule is Cc1ccc2c(c1)N(CC(N)=O)C(=O)C(N(C(N)=O)c1cccc(C(=O)O)c1)CC2C1CCCCC1.[H-].[K+]. The third kappa shape index (κ3) is 6.43. The maximum Gasteiger partial charge on any atom is 1.00 e. The standard InChI is InChI=1S/C27H32N4O5.K.H/c1-16-10-11-20-21(17-6-3-2-4-7-17)14-23(25(33)30(15-24(28)32)22(20)12-16)31(27(29)36)19-9-5-8-18(13-19)26(34)35;;/h5,8-13,17,21,23H,2-4,6-7,14-15H2,1H3,(H2,28,32)(H2,29,36)(H,34,35);;/q;+1;-1. The molecule has 2 aromatic carbocycles. The first-order chi connectivity index (χ1) is 17.2. The van der Waals surface area contributed by atoms with E-state index in [1.807, 2.05) is 25.1 Å². The van der Waals surface area contributed by atoms with Gasteiger partial charge in [0.15, 0.2) is 0 Å². The number of aromatic carboxylic acids is 1. The molecule has 37 heavy (non-hydrogen) atoms. The number of anilines is 2. The molecule has 0 radical (unpaired) electrons. The molecule has 5 N–H and O–H groups in total. The fourth-order valence-corrected chi connectivity index (χ4v) is 5.74. The molecular weight excluding hydrogens is 499 g/mol. The van der Waals surface area contributed by atoms with E-state index in [-0.39, 0.29) is 76.5 Å². The Hall–Kier alpha value is -2.24. The molecule has 0 bridgehead atoms. The van der Waals surface area contributed by atoms with Crippen LogP contribution in [0.1, 0.15) is 67.4 Å². The number of carboxylic acid groups (broad SMARTS) is 1. The summed E-state index contributed by atoms with van der Waals surface area (Å²) < 4.78 is 0. The van der Waals surface area contributed by atoms with Crippen LogP contribution in [0.2, 0.25) is 0 Å². The zero-order valence-corrected chi connectivity index (χ0v) is 24.5. The van der Waals surface area contributed by atoms with Crippen LogP contribution < -0.4 is 72.7 Å². The first-order valence-corrected chi connectivity index (χ1v) is 12.3. The van der Waals surface area contributed by atoms with Crippen LogP contribution in [0.3, 0.4) is 0 Å². The fraction of sp³-hybridized carbons (Fsp3) is 0.407. The van der Waals surface area contributed by atoms with Crippen molar-refractivity contribution in [3.8, 4) is 0 Å². The average Bonchev–Trinajstić information content (AvgIpc) is 2.95. The largest absolute Gasteiger partial charge is 1.00 e. The first-order valence-electron chi connectivity index (χ1n) is 12.3. The second-order valence-electron chi connectivity index (χ2n) is 9.77. The Kier molecular flexibility index (Phi) is 9.93. The van der Waals surface area contributed by atoms with Crippen molar-refractivity contribution >= 4 is 35.2 Å². The van der Waals surface area contributed by atoms with Gasteiger partial charge >= 0.3 is 63.4 Å². The molecule has 192 valence electrons. The van der Waals surface area contributed by atoms with Gasteiger partial charge in [-0.2, -0.15) is 0 Å². The van der Waals surface area contributed by atoms with Gasteiger partial charge in [0.1, 0.15) is 12.6 Å². The van der Waals surface area contributed by atoms with E-state index < -0.39 is 29.9 Å². The number of hydrogen-bond acceptors (Lipinski definition) is 4. The molecule has 4 rings (SSSR count). The van der Waals surface area contributed by atoms with Crippen molar-refractivity contribution in [2.24, 2.45) is 17.4 Å². The molecule has 0 aromatic heterocycles. The number of carbonyl (C=O) groups excluding carboxylic acids is 3. The van der Waals surface area contributed by atoms with Gasteiger partial charge in [-0.25, -0.2) is 9.59 Å². The summed E-state index contributed by atoms with van der Waals surface area (Å²) >= 11 is 0. The van der Waals surface area contributed by atoms with E-state index in [9.17, 15) is 24.3 Å². The number of primary amides is 2. The number of aryl methyl sites for hydroxylation is 1. The molecule has 2 atom stereocenters. The second-order valence-corrected chi connectivity index (χ2v) is 9.77. The Morgan fingerprint density at radius 3 is 2.41 bits per heavy atom. The van der Waals surface area contributed by atoms with Crippen LogP contribution in [0, 0.1) is 12.8 Å². The number of carboxylic acids is 1. The van der Waals surface area contributed by atoms with E-state index in [2.05, 4.69) is 0 Å². The van der Waals surface area contributed by atoms with E-state index in [1.54, 1.807) is 6.07 Å². The minimum absolute atomic E-state index is 0. The maximum atomic E-state index is 14.1. The number of nitrogens with zero attached hydrogens (tertiary/aromatic N) is 2. The van der Waals surface area contributed by atoms with Crippen LogP contribution >= 0.6 is 0 Å². The Bertz CT molecular complexity index is 1200. The normalized spacial score (nSPS) is 19.8. The number of carbonyl (C=O) groups is 4. The number of hydrogen-bond donors (Lipinski definition) is 3. The molecule has 1 fully saturated rings. The predicted octanol–water partition coefficient (Wildman–Crippen LogP) is 0.650. The van der Waals surface area contributed by atoms with Gasteiger partial charge in [0.2, 0.25) is 5.91 Å².